The van der Waals surface area contributed by atoms with E-state index in [0.29, 0.717) is 5.69 Å². The number of aliphatic carboxylic acids is 2. The first-order chi connectivity index (χ1) is 15.9. The summed E-state index contributed by atoms with van der Waals surface area (Å²) in [6, 6.07) is -5.51. The molecule has 0 aromatic carbocycles. The first-order valence-electron chi connectivity index (χ1n) is 9.92. The Morgan fingerprint density at radius 2 is 1.59 bits per heavy atom. The Kier molecular flexibility index (Phi) is 11.5. The Morgan fingerprint density at radius 3 is 2.09 bits per heavy atom. The number of carboxylic acid groups (broad SMARTS) is 2. The molecular weight excluding hydrogens is 474 g/mol. The molecule has 0 aliphatic rings. The number of amides is 4. The van der Waals surface area contributed by atoms with Crippen molar-refractivity contribution in [2.75, 3.05) is 5.75 Å². The van der Waals surface area contributed by atoms with Gasteiger partial charge in [-0.2, -0.15) is 12.6 Å². The molecule has 4 atom stereocenters. The number of rotatable bonds is 15. The summed E-state index contributed by atoms with van der Waals surface area (Å²) in [6.07, 6.45) is 1.11. The molecule has 0 radical (unpaired) electrons. The van der Waals surface area contributed by atoms with Crippen LogP contribution in [0.25, 0.3) is 0 Å². The smallest absolute Gasteiger partial charge is 0.326 e. The average molecular weight is 502 g/mol. The van der Waals surface area contributed by atoms with E-state index in [9.17, 15) is 28.8 Å². The van der Waals surface area contributed by atoms with Crippen LogP contribution in [0.2, 0.25) is 0 Å². The highest BCUT2D eigenvalue weighted by atomic mass is 32.1. The quantitative estimate of drug-likeness (QED) is 0.107. The molecular formula is C18H27N7O8S. The standard InChI is InChI=1S/C18H27N7O8S/c19-9(6-34)15(29)24-11(3-8-5-21-7-22-8)17(31)23-10(1-2-13(20)26)16(30)25-12(18(32)33)4-14(27)28/h5,7,9-12,34H,1-4,6,19H2,(H2,20,26)(H,21,22)(H,23,31)(H,24,29)(H,25,30)(H,27,28)(H,32,33). The van der Waals surface area contributed by atoms with Gasteiger partial charge in [-0.25, -0.2) is 9.78 Å². The molecule has 4 unspecified atom stereocenters. The summed E-state index contributed by atoms with van der Waals surface area (Å²) < 4.78 is 0. The van der Waals surface area contributed by atoms with Gasteiger partial charge in [0.05, 0.1) is 18.8 Å². The number of aromatic amines is 1. The molecule has 1 rings (SSSR count). The van der Waals surface area contributed by atoms with Crippen molar-refractivity contribution in [2.45, 2.75) is 49.9 Å². The number of H-pyrrole nitrogens is 1. The summed E-state index contributed by atoms with van der Waals surface area (Å²) in [5.74, 6) is -6.50. The lowest BCUT2D eigenvalue weighted by Gasteiger charge is -2.24. The minimum atomic E-state index is -1.79. The van der Waals surface area contributed by atoms with Crippen LogP contribution in [0.4, 0.5) is 0 Å². The predicted molar refractivity (Wildman–Crippen MR) is 118 cm³/mol. The van der Waals surface area contributed by atoms with E-state index in [1.54, 1.807) is 0 Å². The van der Waals surface area contributed by atoms with Gasteiger partial charge in [0, 0.05) is 30.5 Å². The number of thiol groups is 1. The summed E-state index contributed by atoms with van der Waals surface area (Å²) in [4.78, 5) is 77.7. The maximum atomic E-state index is 12.9. The number of carbonyl (C=O) groups excluding carboxylic acids is 4. The van der Waals surface area contributed by atoms with Crippen LogP contribution in [0.3, 0.4) is 0 Å². The van der Waals surface area contributed by atoms with Gasteiger partial charge in [0.1, 0.15) is 18.1 Å². The number of hydrogen-bond acceptors (Lipinski definition) is 9. The zero-order valence-corrected chi connectivity index (χ0v) is 18.8. The molecule has 0 aliphatic heterocycles. The number of hydrogen-bond donors (Lipinski definition) is 9. The summed E-state index contributed by atoms with van der Waals surface area (Å²) in [7, 11) is 0. The second kappa shape index (κ2) is 13.8. The maximum Gasteiger partial charge on any atom is 0.326 e. The van der Waals surface area contributed by atoms with Crippen LogP contribution in [-0.4, -0.2) is 85.7 Å². The van der Waals surface area contributed by atoms with Crippen molar-refractivity contribution in [1.82, 2.24) is 25.9 Å². The van der Waals surface area contributed by atoms with Crippen LogP contribution < -0.4 is 27.4 Å². The number of carboxylic acids is 2. The lowest BCUT2D eigenvalue weighted by atomic mass is 10.1. The Balaban J connectivity index is 3.07. The van der Waals surface area contributed by atoms with E-state index in [2.05, 4.69) is 33.2 Å². The normalized spacial score (nSPS) is 14.2. The summed E-state index contributed by atoms with van der Waals surface area (Å²) in [5, 5.41) is 24.8. The van der Waals surface area contributed by atoms with Crippen molar-refractivity contribution in [1.29, 1.82) is 0 Å². The number of aromatic nitrogens is 2. The maximum absolute atomic E-state index is 12.9. The van der Waals surface area contributed by atoms with Gasteiger partial charge in [-0.05, 0) is 6.42 Å². The van der Waals surface area contributed by atoms with Gasteiger partial charge in [-0.15, -0.1) is 0 Å². The molecule has 1 aromatic heterocycles. The minimum Gasteiger partial charge on any atom is -0.481 e. The van der Waals surface area contributed by atoms with Gasteiger partial charge in [0.25, 0.3) is 0 Å². The molecule has 4 amide bonds. The minimum absolute atomic E-state index is 0.00593. The van der Waals surface area contributed by atoms with Crippen molar-refractivity contribution < 1.29 is 39.0 Å². The van der Waals surface area contributed by atoms with Crippen molar-refractivity contribution in [2.24, 2.45) is 11.5 Å². The number of imidazole rings is 1. The van der Waals surface area contributed by atoms with Crippen molar-refractivity contribution >= 4 is 48.2 Å². The highest BCUT2D eigenvalue weighted by molar-refractivity contribution is 7.80. The highest BCUT2D eigenvalue weighted by Crippen LogP contribution is 2.05. The largest absolute Gasteiger partial charge is 0.481 e. The average Bonchev–Trinajstić information content (AvgIpc) is 3.27. The first kappa shape index (κ1) is 28.4. The van der Waals surface area contributed by atoms with Crippen LogP contribution in [0.5, 0.6) is 0 Å². The Hall–Kier alpha value is -3.66. The molecule has 1 heterocycles. The molecule has 16 heteroatoms. The Labute approximate surface area is 198 Å². The third-order valence-corrected chi connectivity index (χ3v) is 4.84. The van der Waals surface area contributed by atoms with Crippen LogP contribution in [0, 0.1) is 0 Å². The van der Waals surface area contributed by atoms with Gasteiger partial charge in [-0.1, -0.05) is 0 Å². The summed E-state index contributed by atoms with van der Waals surface area (Å²) in [6.45, 7) is 0. The second-order valence-corrected chi connectivity index (χ2v) is 7.56. The third-order valence-electron chi connectivity index (χ3n) is 4.45. The van der Waals surface area contributed by atoms with Crippen molar-refractivity contribution in [3.8, 4) is 0 Å². The number of nitrogens with two attached hydrogens (primary N) is 2. The number of carbonyl (C=O) groups is 6. The lowest BCUT2D eigenvalue weighted by molar-refractivity contribution is -0.147. The van der Waals surface area contributed by atoms with Gasteiger partial charge in [-0.3, -0.25) is 24.0 Å². The van der Waals surface area contributed by atoms with Crippen molar-refractivity contribution in [3.63, 3.8) is 0 Å². The van der Waals surface area contributed by atoms with Crippen LogP contribution in [-0.2, 0) is 35.2 Å². The van der Waals surface area contributed by atoms with Gasteiger partial charge < -0.3 is 42.6 Å². The molecule has 10 N–H and O–H groups in total. The van der Waals surface area contributed by atoms with E-state index in [4.69, 9.17) is 21.7 Å². The fourth-order valence-corrected chi connectivity index (χ4v) is 2.83. The van der Waals surface area contributed by atoms with E-state index in [1.165, 1.54) is 12.5 Å². The SMILES string of the molecule is NC(=O)CCC(NC(=O)C(Cc1cnc[nH]1)NC(=O)C(N)CS)C(=O)NC(CC(=O)O)C(=O)O. The Bertz CT molecular complexity index is 895. The van der Waals surface area contributed by atoms with Crippen molar-refractivity contribution in [3.05, 3.63) is 18.2 Å². The fraction of sp³-hybridized carbons (Fsp3) is 0.500. The molecule has 1 aromatic rings. The molecule has 15 nitrogen and oxygen atoms in total. The van der Waals surface area contributed by atoms with E-state index < -0.39 is 66.2 Å². The third kappa shape index (κ3) is 9.86. The molecule has 0 spiro atoms. The van der Waals surface area contributed by atoms with E-state index >= 15 is 0 Å². The number of nitrogens with zero attached hydrogens (tertiary/aromatic N) is 1. The highest BCUT2D eigenvalue weighted by Gasteiger charge is 2.31. The summed E-state index contributed by atoms with van der Waals surface area (Å²) >= 11 is 3.93. The monoisotopic (exact) mass is 501 g/mol. The van der Waals surface area contributed by atoms with Gasteiger partial charge in [0.15, 0.2) is 0 Å². The van der Waals surface area contributed by atoms with E-state index in [-0.39, 0.29) is 25.0 Å². The molecule has 0 aliphatic carbocycles. The molecule has 0 bridgehead atoms. The van der Waals surface area contributed by atoms with Crippen LogP contribution in [0.15, 0.2) is 12.5 Å². The van der Waals surface area contributed by atoms with E-state index in [0.717, 1.165) is 0 Å². The molecule has 188 valence electrons. The molecule has 34 heavy (non-hydrogen) atoms. The van der Waals surface area contributed by atoms with Gasteiger partial charge >= 0.3 is 11.9 Å². The molecule has 0 saturated heterocycles. The zero-order valence-electron chi connectivity index (χ0n) is 17.9. The molecule has 0 fully saturated rings. The fourth-order valence-electron chi connectivity index (χ4n) is 2.66. The number of nitrogens with one attached hydrogen (secondary N) is 4. The topological polar surface area (TPSA) is 260 Å². The second-order valence-electron chi connectivity index (χ2n) is 7.19. The van der Waals surface area contributed by atoms with Gasteiger partial charge in [0.2, 0.25) is 23.6 Å². The number of primary amides is 1. The summed E-state index contributed by atoms with van der Waals surface area (Å²) in [5.41, 5.74) is 11.2. The predicted octanol–water partition coefficient (Wildman–Crippen LogP) is -3.51. The molecule has 0 saturated carbocycles. The van der Waals surface area contributed by atoms with E-state index in [1.807, 2.05) is 5.32 Å². The first-order valence-corrected chi connectivity index (χ1v) is 10.6. The Morgan fingerprint density at radius 1 is 1.00 bits per heavy atom. The lowest BCUT2D eigenvalue weighted by Crippen LogP contribution is -2.58. The zero-order chi connectivity index (χ0) is 25.8. The van der Waals surface area contributed by atoms with Crippen LogP contribution in [0.1, 0.15) is 25.0 Å². The van der Waals surface area contributed by atoms with Crippen LogP contribution >= 0.6 is 12.6 Å².